The molecule has 1 unspecified atom stereocenters. The lowest BCUT2D eigenvalue weighted by atomic mass is 10.0. The van der Waals surface area contributed by atoms with Crippen molar-refractivity contribution in [2.45, 2.75) is 33.7 Å². The van der Waals surface area contributed by atoms with Crippen molar-refractivity contribution in [1.29, 1.82) is 0 Å². The van der Waals surface area contributed by atoms with E-state index in [4.69, 9.17) is 0 Å². The van der Waals surface area contributed by atoms with Crippen LogP contribution in [0.15, 0.2) is 29.6 Å². The zero-order valence-electron chi connectivity index (χ0n) is 11.4. The maximum Gasteiger partial charge on any atom is 0.0630 e. The minimum absolute atomic E-state index is 0.355. The summed E-state index contributed by atoms with van der Waals surface area (Å²) < 4.78 is 0. The second-order valence-corrected chi connectivity index (χ2v) is 5.95. The first-order chi connectivity index (χ1) is 8.58. The van der Waals surface area contributed by atoms with E-state index in [1.54, 1.807) is 11.3 Å². The van der Waals surface area contributed by atoms with Crippen LogP contribution in [0.1, 0.15) is 36.2 Å². The molecule has 2 nitrogen and oxygen atoms in total. The van der Waals surface area contributed by atoms with Crippen LogP contribution in [-0.2, 0) is 0 Å². The Bertz CT molecular complexity index is 503. The van der Waals surface area contributed by atoms with Crippen LogP contribution in [0.3, 0.4) is 0 Å². The molecule has 0 amide bonds. The third-order valence-corrected chi connectivity index (χ3v) is 4.01. The smallest absolute Gasteiger partial charge is 0.0630 e. The summed E-state index contributed by atoms with van der Waals surface area (Å²) in [7, 11) is 0. The number of pyridine rings is 1. The predicted octanol–water partition coefficient (Wildman–Crippen LogP) is 4.57. The highest BCUT2D eigenvalue weighted by Crippen LogP contribution is 2.30. The van der Waals surface area contributed by atoms with Gasteiger partial charge in [-0.05, 0) is 43.3 Å². The molecule has 2 aromatic heterocycles. The van der Waals surface area contributed by atoms with Gasteiger partial charge in [0.15, 0.2) is 0 Å². The van der Waals surface area contributed by atoms with E-state index in [2.05, 4.69) is 60.7 Å². The van der Waals surface area contributed by atoms with Gasteiger partial charge in [0.25, 0.3) is 0 Å². The number of nitrogens with zero attached hydrogens (tertiary/aromatic N) is 1. The first-order valence-electron chi connectivity index (χ1n) is 6.32. The molecular weight excluding hydrogens is 240 g/mol. The first kappa shape index (κ1) is 13.1. The van der Waals surface area contributed by atoms with Gasteiger partial charge >= 0.3 is 0 Å². The fourth-order valence-electron chi connectivity index (χ4n) is 2.04. The van der Waals surface area contributed by atoms with E-state index in [1.807, 2.05) is 6.92 Å². The molecule has 0 radical (unpaired) electrons. The zero-order chi connectivity index (χ0) is 13.1. The summed E-state index contributed by atoms with van der Waals surface area (Å²) >= 11 is 1.80. The van der Waals surface area contributed by atoms with Gasteiger partial charge in [-0.15, -0.1) is 11.3 Å². The molecular formula is C15H20N2S. The van der Waals surface area contributed by atoms with Crippen LogP contribution in [0.25, 0.3) is 0 Å². The number of hydrogen-bond acceptors (Lipinski definition) is 3. The Morgan fingerprint density at radius 2 is 1.94 bits per heavy atom. The van der Waals surface area contributed by atoms with Gasteiger partial charge in [0.2, 0.25) is 0 Å². The van der Waals surface area contributed by atoms with E-state index in [0.29, 0.717) is 12.0 Å². The van der Waals surface area contributed by atoms with E-state index in [0.717, 1.165) is 17.1 Å². The normalized spacial score (nSPS) is 12.7. The Balaban J connectivity index is 2.24. The number of hydrogen-bond donors (Lipinski definition) is 1. The molecule has 3 heteroatoms. The van der Waals surface area contributed by atoms with Gasteiger partial charge < -0.3 is 5.32 Å². The average molecular weight is 260 g/mol. The molecule has 0 aromatic carbocycles. The van der Waals surface area contributed by atoms with Crippen LogP contribution >= 0.6 is 11.3 Å². The summed E-state index contributed by atoms with van der Waals surface area (Å²) in [6, 6.07) is 8.84. The molecule has 2 rings (SSSR count). The molecule has 1 atom stereocenters. The predicted molar refractivity (Wildman–Crippen MR) is 79.2 cm³/mol. The van der Waals surface area contributed by atoms with Gasteiger partial charge in [-0.2, -0.15) is 0 Å². The lowest BCUT2D eigenvalue weighted by molar-refractivity contribution is 0.553. The average Bonchev–Trinajstić information content (AvgIpc) is 2.80. The summed E-state index contributed by atoms with van der Waals surface area (Å²) in [6.07, 6.45) is 0. The van der Waals surface area contributed by atoms with Crippen molar-refractivity contribution in [2.75, 3.05) is 5.32 Å². The summed E-state index contributed by atoms with van der Waals surface area (Å²) in [4.78, 5) is 5.89. The standard InChI is InChI=1S/C15H20N2S/c1-10(2)15(14-6-5-9-18-14)17-13-8-7-11(3)16-12(13)4/h5-10,15,17H,1-4H3. The van der Waals surface area contributed by atoms with Gasteiger partial charge in [-0.1, -0.05) is 19.9 Å². The lowest BCUT2D eigenvalue weighted by Gasteiger charge is -2.23. The fourth-order valence-corrected chi connectivity index (χ4v) is 2.99. The van der Waals surface area contributed by atoms with Crippen LogP contribution in [0.4, 0.5) is 5.69 Å². The number of aryl methyl sites for hydroxylation is 2. The monoisotopic (exact) mass is 260 g/mol. The van der Waals surface area contributed by atoms with Crippen molar-refractivity contribution in [3.05, 3.63) is 45.9 Å². The molecule has 18 heavy (non-hydrogen) atoms. The summed E-state index contributed by atoms with van der Waals surface area (Å²) in [5, 5.41) is 5.76. The second kappa shape index (κ2) is 5.53. The number of anilines is 1. The van der Waals surface area contributed by atoms with Gasteiger partial charge in [0, 0.05) is 10.6 Å². The first-order valence-corrected chi connectivity index (χ1v) is 7.20. The van der Waals surface area contributed by atoms with Crippen LogP contribution in [-0.4, -0.2) is 4.98 Å². The Morgan fingerprint density at radius 3 is 2.50 bits per heavy atom. The van der Waals surface area contributed by atoms with Crippen molar-refractivity contribution in [2.24, 2.45) is 5.92 Å². The fraction of sp³-hybridized carbons (Fsp3) is 0.400. The third kappa shape index (κ3) is 2.91. The summed E-state index contributed by atoms with van der Waals surface area (Å²) in [5.41, 5.74) is 3.26. The second-order valence-electron chi connectivity index (χ2n) is 4.97. The zero-order valence-corrected chi connectivity index (χ0v) is 12.2. The van der Waals surface area contributed by atoms with Crippen LogP contribution in [0.2, 0.25) is 0 Å². The quantitative estimate of drug-likeness (QED) is 0.871. The van der Waals surface area contributed by atoms with Gasteiger partial charge in [-0.25, -0.2) is 0 Å². The van der Waals surface area contributed by atoms with E-state index >= 15 is 0 Å². The maximum atomic E-state index is 4.51. The number of rotatable bonds is 4. The van der Waals surface area contributed by atoms with E-state index in [1.165, 1.54) is 4.88 Å². The van der Waals surface area contributed by atoms with E-state index in [-0.39, 0.29) is 0 Å². The molecule has 0 aliphatic rings. The molecule has 0 spiro atoms. The van der Waals surface area contributed by atoms with Gasteiger partial charge in [-0.3, -0.25) is 4.98 Å². The molecule has 0 saturated heterocycles. The Labute approximate surface area is 113 Å². The third-order valence-electron chi connectivity index (χ3n) is 3.05. The Morgan fingerprint density at radius 1 is 1.17 bits per heavy atom. The summed E-state index contributed by atoms with van der Waals surface area (Å²) in [5.74, 6) is 0.546. The van der Waals surface area contributed by atoms with Gasteiger partial charge in [0.05, 0.1) is 17.4 Å². The maximum absolute atomic E-state index is 4.51. The van der Waals surface area contributed by atoms with Crippen molar-refractivity contribution in [1.82, 2.24) is 4.98 Å². The molecule has 0 aliphatic heterocycles. The minimum Gasteiger partial charge on any atom is -0.376 e. The van der Waals surface area contributed by atoms with Crippen molar-refractivity contribution in [3.63, 3.8) is 0 Å². The lowest BCUT2D eigenvalue weighted by Crippen LogP contribution is -2.16. The van der Waals surface area contributed by atoms with Crippen molar-refractivity contribution >= 4 is 17.0 Å². The molecule has 1 N–H and O–H groups in total. The van der Waals surface area contributed by atoms with E-state index in [9.17, 15) is 0 Å². The Kier molecular flexibility index (Phi) is 4.02. The molecule has 0 saturated carbocycles. The van der Waals surface area contributed by atoms with Gasteiger partial charge in [0.1, 0.15) is 0 Å². The molecule has 0 bridgehead atoms. The number of nitrogens with one attached hydrogen (secondary N) is 1. The van der Waals surface area contributed by atoms with Crippen molar-refractivity contribution in [3.8, 4) is 0 Å². The molecule has 2 heterocycles. The SMILES string of the molecule is Cc1ccc(NC(c2cccs2)C(C)C)c(C)n1. The van der Waals surface area contributed by atoms with Crippen LogP contribution in [0, 0.1) is 19.8 Å². The van der Waals surface area contributed by atoms with Crippen molar-refractivity contribution < 1.29 is 0 Å². The summed E-state index contributed by atoms with van der Waals surface area (Å²) in [6.45, 7) is 8.57. The highest BCUT2D eigenvalue weighted by Gasteiger charge is 2.17. The highest BCUT2D eigenvalue weighted by atomic mass is 32.1. The molecule has 0 fully saturated rings. The molecule has 2 aromatic rings. The number of aromatic nitrogens is 1. The van der Waals surface area contributed by atoms with Crippen LogP contribution in [0.5, 0.6) is 0 Å². The topological polar surface area (TPSA) is 24.9 Å². The van der Waals surface area contributed by atoms with E-state index < -0.39 is 0 Å². The largest absolute Gasteiger partial charge is 0.376 e. The highest BCUT2D eigenvalue weighted by molar-refractivity contribution is 7.10. The Hall–Kier alpha value is -1.35. The minimum atomic E-state index is 0.355. The molecule has 96 valence electrons. The van der Waals surface area contributed by atoms with Crippen LogP contribution < -0.4 is 5.32 Å². The number of thiophene rings is 1. The molecule has 0 aliphatic carbocycles.